The Kier molecular flexibility index (Phi) is 8.13. The smallest absolute Gasteiger partial charge is 0.408 e. The second kappa shape index (κ2) is 10.5. The van der Waals surface area contributed by atoms with Crippen LogP contribution in [0.2, 0.25) is 5.15 Å². The highest BCUT2D eigenvalue weighted by atomic mass is 35.5. The van der Waals surface area contributed by atoms with Crippen LogP contribution in [0.1, 0.15) is 39.2 Å². The molecular formula is C23H28ClF3N4O4. The number of aromatic nitrogens is 2. The highest BCUT2D eigenvalue weighted by Gasteiger charge is 2.48. The van der Waals surface area contributed by atoms with E-state index < -0.39 is 42.2 Å². The summed E-state index contributed by atoms with van der Waals surface area (Å²) in [5, 5.41) is 22.6. The number of nitrogens with zero attached hydrogens (tertiary/aromatic N) is 3. The summed E-state index contributed by atoms with van der Waals surface area (Å²) in [5.74, 6) is -0.686. The third kappa shape index (κ3) is 6.33. The van der Waals surface area contributed by atoms with Gasteiger partial charge in [-0.3, -0.25) is 4.98 Å². The van der Waals surface area contributed by atoms with E-state index >= 15 is 0 Å². The van der Waals surface area contributed by atoms with Crippen LogP contribution in [0.25, 0.3) is 11.4 Å². The number of alkyl carbamates (subject to hydrolysis) is 1. The van der Waals surface area contributed by atoms with E-state index in [9.17, 15) is 28.2 Å². The van der Waals surface area contributed by atoms with Crippen LogP contribution in [-0.4, -0.2) is 63.0 Å². The number of piperidine rings is 1. The van der Waals surface area contributed by atoms with Crippen LogP contribution in [0.15, 0.2) is 24.4 Å². The van der Waals surface area contributed by atoms with Crippen LogP contribution in [0.3, 0.4) is 0 Å². The SMILES string of the molecule is CC(C)(C)OC(=O)NC1(C(O)C(F)F)CCCN(c2cnc(-c3ccc(F)c(Cl)n3)cc2CO)C1. The molecule has 1 amide bonds. The third-order valence-corrected chi connectivity index (χ3v) is 5.89. The largest absolute Gasteiger partial charge is 0.444 e. The van der Waals surface area contributed by atoms with E-state index in [0.29, 0.717) is 29.9 Å². The Morgan fingerprint density at radius 2 is 2.06 bits per heavy atom. The number of alkyl halides is 2. The summed E-state index contributed by atoms with van der Waals surface area (Å²) in [5.41, 5.74) is -1.13. The zero-order valence-corrected chi connectivity index (χ0v) is 20.3. The average Bonchev–Trinajstić information content (AvgIpc) is 2.78. The van der Waals surface area contributed by atoms with Gasteiger partial charge in [0.1, 0.15) is 11.7 Å². The normalized spacial score (nSPS) is 19.5. The number of aliphatic hydroxyl groups excluding tert-OH is 2. The number of amides is 1. The molecule has 35 heavy (non-hydrogen) atoms. The number of hydrogen-bond acceptors (Lipinski definition) is 7. The number of carbonyl (C=O) groups is 1. The van der Waals surface area contributed by atoms with Gasteiger partial charge >= 0.3 is 6.09 Å². The van der Waals surface area contributed by atoms with E-state index in [-0.39, 0.29) is 23.8 Å². The average molecular weight is 517 g/mol. The number of hydrogen-bond donors (Lipinski definition) is 3. The number of nitrogens with one attached hydrogen (secondary N) is 1. The standard InChI is InChI=1S/C23H28ClF3N4O4/c1-22(2,3)35-21(34)30-23(18(33)20(26)27)7-4-8-31(12-23)17-10-28-16(9-13(17)11-32)15-6-5-14(25)19(24)29-15/h5-6,9-10,18,20,32-33H,4,7-8,11-12H2,1-3H3,(H,30,34). The Labute approximate surface area is 206 Å². The highest BCUT2D eigenvalue weighted by Crippen LogP contribution is 2.34. The Morgan fingerprint density at radius 1 is 1.34 bits per heavy atom. The molecule has 8 nitrogen and oxygen atoms in total. The minimum absolute atomic E-state index is 0.0895. The Morgan fingerprint density at radius 3 is 2.66 bits per heavy atom. The Bertz CT molecular complexity index is 1070. The molecule has 2 unspecified atom stereocenters. The van der Waals surface area contributed by atoms with Gasteiger partial charge in [-0.1, -0.05) is 11.6 Å². The van der Waals surface area contributed by atoms with E-state index in [0.717, 1.165) is 6.07 Å². The topological polar surface area (TPSA) is 108 Å². The first kappa shape index (κ1) is 27.0. The molecule has 0 aromatic carbocycles. The number of carbonyl (C=O) groups excluding carboxylic acids is 1. The van der Waals surface area contributed by atoms with Crippen molar-refractivity contribution in [2.75, 3.05) is 18.0 Å². The lowest BCUT2D eigenvalue weighted by Gasteiger charge is -2.46. The minimum atomic E-state index is -3.11. The number of pyridine rings is 2. The van der Waals surface area contributed by atoms with Gasteiger partial charge in [0.15, 0.2) is 11.0 Å². The maximum absolute atomic E-state index is 13.7. The summed E-state index contributed by atoms with van der Waals surface area (Å²) in [4.78, 5) is 22.4. The van der Waals surface area contributed by atoms with E-state index in [1.165, 1.54) is 18.3 Å². The number of anilines is 1. The van der Waals surface area contributed by atoms with Crippen LogP contribution >= 0.6 is 11.6 Å². The van der Waals surface area contributed by atoms with E-state index in [1.807, 2.05) is 0 Å². The quantitative estimate of drug-likeness (QED) is 0.499. The maximum atomic E-state index is 13.7. The molecule has 3 heterocycles. The number of rotatable bonds is 6. The summed E-state index contributed by atoms with van der Waals surface area (Å²) in [7, 11) is 0. The van der Waals surface area contributed by atoms with Crippen molar-refractivity contribution in [2.24, 2.45) is 0 Å². The zero-order valence-electron chi connectivity index (χ0n) is 19.6. The van der Waals surface area contributed by atoms with Crippen molar-refractivity contribution in [1.82, 2.24) is 15.3 Å². The molecule has 1 saturated heterocycles. The van der Waals surface area contributed by atoms with Crippen LogP contribution in [0.5, 0.6) is 0 Å². The molecule has 3 N–H and O–H groups in total. The van der Waals surface area contributed by atoms with Crippen molar-refractivity contribution in [2.45, 2.75) is 63.9 Å². The lowest BCUT2D eigenvalue weighted by atomic mass is 9.83. The van der Waals surface area contributed by atoms with Crippen molar-refractivity contribution in [3.05, 3.63) is 40.9 Å². The third-order valence-electron chi connectivity index (χ3n) is 5.62. The summed E-state index contributed by atoms with van der Waals surface area (Å²) in [6, 6.07) is 4.07. The molecule has 2 aromatic rings. The fourth-order valence-electron chi connectivity index (χ4n) is 4.06. The van der Waals surface area contributed by atoms with Gasteiger partial charge in [0, 0.05) is 18.7 Å². The van der Waals surface area contributed by atoms with Crippen LogP contribution in [0.4, 0.5) is 23.7 Å². The first-order chi connectivity index (χ1) is 16.3. The predicted molar refractivity (Wildman–Crippen MR) is 124 cm³/mol. The van der Waals surface area contributed by atoms with Crippen molar-refractivity contribution in [1.29, 1.82) is 0 Å². The Balaban J connectivity index is 1.93. The zero-order chi connectivity index (χ0) is 26.0. The molecular weight excluding hydrogens is 489 g/mol. The fourth-order valence-corrected chi connectivity index (χ4v) is 4.21. The maximum Gasteiger partial charge on any atom is 0.408 e. The van der Waals surface area contributed by atoms with Crippen LogP contribution < -0.4 is 10.2 Å². The molecule has 0 spiro atoms. The molecule has 1 fully saturated rings. The number of aliphatic hydroxyl groups is 2. The molecule has 2 aromatic heterocycles. The summed E-state index contributed by atoms with van der Waals surface area (Å²) < 4.78 is 46.0. The first-order valence-electron chi connectivity index (χ1n) is 11.0. The molecule has 12 heteroatoms. The van der Waals surface area contributed by atoms with Crippen LogP contribution in [0, 0.1) is 5.82 Å². The second-order valence-corrected chi connectivity index (χ2v) is 9.77. The molecule has 1 aliphatic heterocycles. The van der Waals surface area contributed by atoms with Crippen molar-refractivity contribution < 1.29 is 32.9 Å². The molecule has 2 atom stereocenters. The Hall–Kier alpha value is -2.63. The summed E-state index contributed by atoms with van der Waals surface area (Å²) in [6.07, 6.45) is -4.31. The van der Waals surface area contributed by atoms with Crippen molar-refractivity contribution in [3.8, 4) is 11.4 Å². The van der Waals surface area contributed by atoms with Gasteiger partial charge in [0.05, 0.1) is 35.4 Å². The van der Waals surface area contributed by atoms with E-state index in [2.05, 4.69) is 15.3 Å². The van der Waals surface area contributed by atoms with Crippen molar-refractivity contribution in [3.63, 3.8) is 0 Å². The molecule has 1 aliphatic rings. The summed E-state index contributed by atoms with van der Waals surface area (Å²) >= 11 is 5.76. The molecule has 0 radical (unpaired) electrons. The van der Waals surface area contributed by atoms with Gasteiger partial charge in [-0.2, -0.15) is 0 Å². The first-order valence-corrected chi connectivity index (χ1v) is 11.4. The van der Waals surface area contributed by atoms with Gasteiger partial charge in [0.25, 0.3) is 6.43 Å². The van der Waals surface area contributed by atoms with E-state index in [4.69, 9.17) is 16.3 Å². The summed E-state index contributed by atoms with van der Waals surface area (Å²) in [6.45, 7) is 4.73. The van der Waals surface area contributed by atoms with E-state index in [1.54, 1.807) is 25.7 Å². The molecule has 0 saturated carbocycles. The lowest BCUT2D eigenvalue weighted by molar-refractivity contribution is -0.0664. The number of halogens is 4. The molecule has 0 aliphatic carbocycles. The van der Waals surface area contributed by atoms with Gasteiger partial charge in [-0.05, 0) is 51.8 Å². The fraction of sp³-hybridized carbons (Fsp3) is 0.522. The van der Waals surface area contributed by atoms with Crippen LogP contribution in [-0.2, 0) is 11.3 Å². The predicted octanol–water partition coefficient (Wildman–Crippen LogP) is 3.92. The molecule has 192 valence electrons. The molecule has 0 bridgehead atoms. The second-order valence-electron chi connectivity index (χ2n) is 9.41. The van der Waals surface area contributed by atoms with Gasteiger partial charge in [0.2, 0.25) is 0 Å². The van der Waals surface area contributed by atoms with Gasteiger partial charge in [-0.25, -0.2) is 22.9 Å². The van der Waals surface area contributed by atoms with Gasteiger partial charge < -0.3 is 25.2 Å². The van der Waals surface area contributed by atoms with Crippen molar-refractivity contribution >= 4 is 23.4 Å². The molecule has 3 rings (SSSR count). The minimum Gasteiger partial charge on any atom is -0.444 e. The highest BCUT2D eigenvalue weighted by molar-refractivity contribution is 6.29. The number of ether oxygens (including phenoxy) is 1. The van der Waals surface area contributed by atoms with Gasteiger partial charge in [-0.15, -0.1) is 0 Å². The monoisotopic (exact) mass is 516 g/mol. The lowest BCUT2D eigenvalue weighted by Crippen LogP contribution is -2.67.